The number of rotatable bonds is 9. The van der Waals surface area contributed by atoms with Gasteiger partial charge in [0.1, 0.15) is 6.10 Å². The van der Waals surface area contributed by atoms with Crippen LogP contribution in [-0.4, -0.2) is 57.1 Å². The van der Waals surface area contributed by atoms with Crippen LogP contribution in [0, 0.1) is 0 Å². The van der Waals surface area contributed by atoms with Gasteiger partial charge in [0.05, 0.1) is 26.0 Å². The van der Waals surface area contributed by atoms with Crippen molar-refractivity contribution in [2.24, 2.45) is 5.10 Å². The standard InChI is InChI=1S/C24H25N7O3/c1-2-7-21-20(6-1)17(15-26-21)16-27-31-22-28-23(33-14-8-18-5-3-4-11-25-18)30-24(29-22)34-19-9-12-32-13-10-19/h1-7,11,15-16,19,26H,8-10,12-14H2,(H,28,29,30,31)/b27-16+. The smallest absolute Gasteiger partial charge is 0.324 e. The zero-order valence-electron chi connectivity index (χ0n) is 18.6. The monoisotopic (exact) mass is 459 g/mol. The molecule has 3 aromatic heterocycles. The van der Waals surface area contributed by atoms with Gasteiger partial charge < -0.3 is 19.2 Å². The molecule has 2 N–H and O–H groups in total. The molecule has 0 atom stereocenters. The maximum absolute atomic E-state index is 5.98. The van der Waals surface area contributed by atoms with E-state index in [0.29, 0.717) is 26.2 Å². The first-order valence-electron chi connectivity index (χ1n) is 11.2. The highest BCUT2D eigenvalue weighted by molar-refractivity contribution is 5.99. The molecule has 0 aliphatic carbocycles. The van der Waals surface area contributed by atoms with E-state index >= 15 is 0 Å². The average Bonchev–Trinajstić information content (AvgIpc) is 3.28. The minimum Gasteiger partial charge on any atom is -0.463 e. The molecule has 1 fully saturated rings. The summed E-state index contributed by atoms with van der Waals surface area (Å²) >= 11 is 0. The number of hydrogen-bond donors (Lipinski definition) is 2. The van der Waals surface area contributed by atoms with Crippen molar-refractivity contribution >= 4 is 23.1 Å². The van der Waals surface area contributed by atoms with Crippen molar-refractivity contribution in [3.8, 4) is 12.0 Å². The number of benzene rings is 1. The minimum absolute atomic E-state index is 0.0138. The first kappa shape index (κ1) is 21.8. The van der Waals surface area contributed by atoms with Gasteiger partial charge in [0.25, 0.3) is 5.95 Å². The third kappa shape index (κ3) is 5.65. The van der Waals surface area contributed by atoms with Crippen molar-refractivity contribution in [3.63, 3.8) is 0 Å². The van der Waals surface area contributed by atoms with Gasteiger partial charge in [-0.25, -0.2) is 5.43 Å². The summed E-state index contributed by atoms with van der Waals surface area (Å²) in [6, 6.07) is 14.1. The third-order valence-corrected chi connectivity index (χ3v) is 5.34. The van der Waals surface area contributed by atoms with Gasteiger partial charge >= 0.3 is 12.0 Å². The molecule has 10 heteroatoms. The van der Waals surface area contributed by atoms with Crippen molar-refractivity contribution in [2.45, 2.75) is 25.4 Å². The van der Waals surface area contributed by atoms with Gasteiger partial charge in [0, 0.05) is 53.8 Å². The Morgan fingerprint density at radius 1 is 1.06 bits per heavy atom. The van der Waals surface area contributed by atoms with Gasteiger partial charge in [0.15, 0.2) is 0 Å². The van der Waals surface area contributed by atoms with Crippen LogP contribution in [0.1, 0.15) is 24.1 Å². The molecule has 1 aliphatic heterocycles. The first-order valence-corrected chi connectivity index (χ1v) is 11.2. The maximum atomic E-state index is 5.98. The summed E-state index contributed by atoms with van der Waals surface area (Å²) in [5.74, 6) is 0.237. The lowest BCUT2D eigenvalue weighted by molar-refractivity contribution is 0.0213. The Morgan fingerprint density at radius 2 is 1.91 bits per heavy atom. The van der Waals surface area contributed by atoms with Gasteiger partial charge in [-0.15, -0.1) is 4.98 Å². The molecule has 174 valence electrons. The lowest BCUT2D eigenvalue weighted by Crippen LogP contribution is -2.26. The zero-order valence-corrected chi connectivity index (χ0v) is 18.6. The molecule has 5 rings (SSSR count). The number of hydrogen-bond acceptors (Lipinski definition) is 9. The molecule has 4 aromatic rings. The fourth-order valence-corrected chi connectivity index (χ4v) is 3.60. The Labute approximate surface area is 196 Å². The molecule has 34 heavy (non-hydrogen) atoms. The summed E-state index contributed by atoms with van der Waals surface area (Å²) in [5.41, 5.74) is 5.79. The minimum atomic E-state index is -0.0138. The quantitative estimate of drug-likeness (QED) is 0.289. The third-order valence-electron chi connectivity index (χ3n) is 5.34. The highest BCUT2D eigenvalue weighted by Gasteiger charge is 2.18. The number of H-pyrrole nitrogens is 1. The van der Waals surface area contributed by atoms with Gasteiger partial charge in [-0.2, -0.15) is 15.1 Å². The molecule has 4 heterocycles. The van der Waals surface area contributed by atoms with E-state index in [0.717, 1.165) is 35.0 Å². The van der Waals surface area contributed by atoms with Gasteiger partial charge in [-0.3, -0.25) is 4.98 Å². The molecule has 0 amide bonds. The number of aromatic amines is 1. The number of aromatic nitrogens is 5. The van der Waals surface area contributed by atoms with E-state index in [9.17, 15) is 0 Å². The number of fused-ring (bicyclic) bond motifs is 1. The van der Waals surface area contributed by atoms with Crippen LogP contribution < -0.4 is 14.9 Å². The normalized spacial score (nSPS) is 14.5. The van der Waals surface area contributed by atoms with Crippen LogP contribution in [-0.2, 0) is 11.2 Å². The van der Waals surface area contributed by atoms with Crippen molar-refractivity contribution in [1.29, 1.82) is 0 Å². The van der Waals surface area contributed by atoms with Crippen LogP contribution in [0.3, 0.4) is 0 Å². The van der Waals surface area contributed by atoms with E-state index in [1.807, 2.05) is 48.7 Å². The predicted octanol–water partition coefficient (Wildman–Crippen LogP) is 3.37. The Morgan fingerprint density at radius 3 is 2.79 bits per heavy atom. The largest absolute Gasteiger partial charge is 0.463 e. The van der Waals surface area contributed by atoms with Crippen LogP contribution >= 0.6 is 0 Å². The zero-order chi connectivity index (χ0) is 23.0. The molecule has 0 bridgehead atoms. The summed E-state index contributed by atoms with van der Waals surface area (Å²) in [5, 5.41) is 5.38. The van der Waals surface area contributed by atoms with Crippen LogP contribution in [0.4, 0.5) is 5.95 Å². The van der Waals surface area contributed by atoms with Crippen molar-refractivity contribution in [2.75, 3.05) is 25.2 Å². The van der Waals surface area contributed by atoms with E-state index in [1.54, 1.807) is 12.4 Å². The van der Waals surface area contributed by atoms with Crippen LogP contribution in [0.15, 0.2) is 60.0 Å². The van der Waals surface area contributed by atoms with E-state index < -0.39 is 0 Å². The molecule has 0 unspecified atom stereocenters. The number of ether oxygens (including phenoxy) is 3. The van der Waals surface area contributed by atoms with Crippen molar-refractivity contribution < 1.29 is 14.2 Å². The molecule has 1 aromatic carbocycles. The summed E-state index contributed by atoms with van der Waals surface area (Å²) in [6.45, 7) is 1.68. The highest BCUT2D eigenvalue weighted by atomic mass is 16.5. The average molecular weight is 460 g/mol. The second kappa shape index (κ2) is 10.7. The molecule has 1 saturated heterocycles. The van der Waals surface area contributed by atoms with Crippen molar-refractivity contribution in [1.82, 2.24) is 24.9 Å². The Balaban J connectivity index is 1.29. The summed E-state index contributed by atoms with van der Waals surface area (Å²) in [4.78, 5) is 20.6. The van der Waals surface area contributed by atoms with E-state index in [4.69, 9.17) is 14.2 Å². The molecular weight excluding hydrogens is 434 g/mol. The fourth-order valence-electron chi connectivity index (χ4n) is 3.60. The molecule has 0 saturated carbocycles. The second-order valence-electron chi connectivity index (χ2n) is 7.73. The highest BCUT2D eigenvalue weighted by Crippen LogP contribution is 2.19. The van der Waals surface area contributed by atoms with Crippen molar-refractivity contribution in [3.05, 3.63) is 66.1 Å². The number of anilines is 1. The summed E-state index contributed by atoms with van der Waals surface area (Å²) in [7, 11) is 0. The van der Waals surface area contributed by atoms with E-state index in [1.165, 1.54) is 0 Å². The second-order valence-corrected chi connectivity index (χ2v) is 7.73. The van der Waals surface area contributed by atoms with Gasteiger partial charge in [-0.05, 0) is 18.2 Å². The molecular formula is C24H25N7O3. The van der Waals surface area contributed by atoms with E-state index in [-0.39, 0.29) is 24.1 Å². The SMILES string of the molecule is C(=N\Nc1nc(OCCc2ccccn2)nc(OC2CCOCC2)n1)/c1c[nH]c2ccccc12. The number of nitrogens with zero attached hydrogens (tertiary/aromatic N) is 5. The number of hydrazone groups is 1. The lowest BCUT2D eigenvalue weighted by Gasteiger charge is -2.22. The van der Waals surface area contributed by atoms with E-state index in [2.05, 4.69) is 35.4 Å². The number of nitrogens with one attached hydrogen (secondary N) is 2. The van der Waals surface area contributed by atoms with Crippen LogP contribution in [0.5, 0.6) is 12.0 Å². The predicted molar refractivity (Wildman–Crippen MR) is 127 cm³/mol. The van der Waals surface area contributed by atoms with Crippen LogP contribution in [0.2, 0.25) is 0 Å². The maximum Gasteiger partial charge on any atom is 0.324 e. The topological polar surface area (TPSA) is 119 Å². The van der Waals surface area contributed by atoms with Crippen LogP contribution in [0.25, 0.3) is 10.9 Å². The summed E-state index contributed by atoms with van der Waals surface area (Å²) < 4.78 is 17.2. The number of para-hydroxylation sites is 1. The Hall–Kier alpha value is -4.05. The van der Waals surface area contributed by atoms with Gasteiger partial charge in [-0.1, -0.05) is 24.3 Å². The molecule has 0 spiro atoms. The molecule has 1 aliphatic rings. The number of pyridine rings is 1. The lowest BCUT2D eigenvalue weighted by atomic mass is 10.2. The molecule has 0 radical (unpaired) electrons. The Bertz CT molecular complexity index is 1240. The van der Waals surface area contributed by atoms with Gasteiger partial charge in [0.2, 0.25) is 0 Å². The Kier molecular flexibility index (Phi) is 6.86. The molecule has 10 nitrogen and oxygen atoms in total. The summed E-state index contributed by atoms with van der Waals surface area (Å²) in [6.07, 6.45) is 7.54. The fraction of sp³-hybridized carbons (Fsp3) is 0.292. The first-order chi connectivity index (χ1) is 16.8.